The number of hydrogen-bond donors (Lipinski definition) is 1. The fourth-order valence-electron chi connectivity index (χ4n) is 3.81. The number of nitrogens with one attached hydrogen (secondary N) is 1. The lowest BCUT2D eigenvalue weighted by Crippen LogP contribution is -2.28. The number of benzene rings is 1. The molecule has 0 saturated heterocycles. The molecule has 4 rings (SSSR count). The minimum absolute atomic E-state index is 0.133. The zero-order valence-corrected chi connectivity index (χ0v) is 15.0. The number of amides is 1. The molecule has 1 saturated carbocycles. The van der Waals surface area contributed by atoms with Gasteiger partial charge in [-0.2, -0.15) is 0 Å². The third-order valence-electron chi connectivity index (χ3n) is 5.49. The first-order chi connectivity index (χ1) is 12.1. The topological polar surface area (TPSA) is 59.8 Å². The van der Waals surface area contributed by atoms with E-state index in [4.69, 9.17) is 0 Å². The lowest BCUT2D eigenvalue weighted by molar-refractivity contribution is -0.122. The van der Waals surface area contributed by atoms with Gasteiger partial charge >= 0.3 is 0 Å². The average molecular weight is 338 g/mol. The van der Waals surface area contributed by atoms with Crippen LogP contribution in [0.3, 0.4) is 0 Å². The molecular weight excluding hydrogens is 312 g/mol. The van der Waals surface area contributed by atoms with Gasteiger partial charge in [0, 0.05) is 31.8 Å². The van der Waals surface area contributed by atoms with Crippen LogP contribution in [0.2, 0.25) is 0 Å². The van der Waals surface area contributed by atoms with E-state index < -0.39 is 0 Å². The van der Waals surface area contributed by atoms with Crippen LogP contribution in [0.4, 0.5) is 0 Å². The molecule has 1 aromatic carbocycles. The molecule has 25 heavy (non-hydrogen) atoms. The van der Waals surface area contributed by atoms with E-state index in [9.17, 15) is 4.79 Å². The van der Waals surface area contributed by atoms with Crippen LogP contribution < -0.4 is 5.32 Å². The molecule has 5 nitrogen and oxygen atoms in total. The van der Waals surface area contributed by atoms with Crippen molar-refractivity contribution in [3.8, 4) is 0 Å². The SMILES string of the molecule is CC(C)c1ccc([C@H]2C[C@H]2C(=O)NCCc2nnc3n2CCC3)cc1. The number of hydrogen-bond acceptors (Lipinski definition) is 3. The van der Waals surface area contributed by atoms with Gasteiger partial charge in [-0.25, -0.2) is 0 Å². The Morgan fingerprint density at radius 1 is 1.28 bits per heavy atom. The molecule has 132 valence electrons. The molecule has 0 unspecified atom stereocenters. The average Bonchev–Trinajstić information content (AvgIpc) is 3.12. The van der Waals surface area contributed by atoms with E-state index in [-0.39, 0.29) is 11.8 Å². The molecule has 2 heterocycles. The van der Waals surface area contributed by atoms with Gasteiger partial charge in [-0.3, -0.25) is 4.79 Å². The highest BCUT2D eigenvalue weighted by molar-refractivity contribution is 5.82. The monoisotopic (exact) mass is 338 g/mol. The summed E-state index contributed by atoms with van der Waals surface area (Å²) < 4.78 is 2.20. The third-order valence-corrected chi connectivity index (χ3v) is 5.49. The summed E-state index contributed by atoms with van der Waals surface area (Å²) in [6, 6.07) is 8.76. The van der Waals surface area contributed by atoms with E-state index in [1.165, 1.54) is 11.1 Å². The van der Waals surface area contributed by atoms with E-state index in [0.29, 0.717) is 18.4 Å². The molecule has 1 aliphatic heterocycles. The second-order valence-corrected chi connectivity index (χ2v) is 7.60. The van der Waals surface area contributed by atoms with E-state index >= 15 is 0 Å². The molecule has 2 aromatic rings. The fourth-order valence-corrected chi connectivity index (χ4v) is 3.81. The molecule has 1 fully saturated rings. The van der Waals surface area contributed by atoms with Crippen LogP contribution in [0.5, 0.6) is 0 Å². The maximum Gasteiger partial charge on any atom is 0.223 e. The van der Waals surface area contributed by atoms with Crippen molar-refractivity contribution in [1.29, 1.82) is 0 Å². The van der Waals surface area contributed by atoms with Crippen LogP contribution in [0.25, 0.3) is 0 Å². The van der Waals surface area contributed by atoms with Gasteiger partial charge in [0.25, 0.3) is 0 Å². The second kappa shape index (κ2) is 6.62. The summed E-state index contributed by atoms with van der Waals surface area (Å²) in [5.74, 6) is 3.34. The number of rotatable bonds is 6. The molecule has 2 atom stereocenters. The first kappa shape index (κ1) is 16.3. The van der Waals surface area contributed by atoms with Gasteiger partial charge in [0.2, 0.25) is 5.91 Å². The Labute approximate surface area is 148 Å². The van der Waals surface area contributed by atoms with Gasteiger partial charge in [0.05, 0.1) is 0 Å². The summed E-state index contributed by atoms with van der Waals surface area (Å²) in [5, 5.41) is 11.5. The maximum atomic E-state index is 12.4. The largest absolute Gasteiger partial charge is 0.355 e. The first-order valence-electron chi connectivity index (χ1n) is 9.42. The fraction of sp³-hybridized carbons (Fsp3) is 0.550. The number of aromatic nitrogens is 3. The number of nitrogens with zero attached hydrogens (tertiary/aromatic N) is 3. The number of aryl methyl sites for hydroxylation is 1. The molecule has 0 spiro atoms. The van der Waals surface area contributed by atoms with E-state index in [1.54, 1.807) is 0 Å². The maximum absolute atomic E-state index is 12.4. The Balaban J connectivity index is 1.26. The van der Waals surface area contributed by atoms with Crippen LogP contribution in [0, 0.1) is 5.92 Å². The summed E-state index contributed by atoms with van der Waals surface area (Å²) in [4.78, 5) is 12.4. The Morgan fingerprint density at radius 2 is 2.08 bits per heavy atom. The lowest BCUT2D eigenvalue weighted by Gasteiger charge is -2.07. The van der Waals surface area contributed by atoms with Crippen molar-refractivity contribution in [2.75, 3.05) is 6.54 Å². The van der Waals surface area contributed by atoms with Crippen molar-refractivity contribution in [2.45, 2.75) is 57.9 Å². The van der Waals surface area contributed by atoms with Crippen molar-refractivity contribution < 1.29 is 4.79 Å². The van der Waals surface area contributed by atoms with Gasteiger partial charge in [-0.15, -0.1) is 10.2 Å². The molecule has 0 radical (unpaired) electrons. The van der Waals surface area contributed by atoms with Crippen LogP contribution in [0.15, 0.2) is 24.3 Å². The molecule has 1 amide bonds. The predicted molar refractivity (Wildman–Crippen MR) is 96.4 cm³/mol. The Kier molecular flexibility index (Phi) is 4.32. The van der Waals surface area contributed by atoms with Gasteiger partial charge in [-0.1, -0.05) is 38.1 Å². The van der Waals surface area contributed by atoms with Crippen molar-refractivity contribution in [3.05, 3.63) is 47.0 Å². The minimum Gasteiger partial charge on any atom is -0.355 e. The second-order valence-electron chi connectivity index (χ2n) is 7.60. The van der Waals surface area contributed by atoms with E-state index in [1.807, 2.05) is 0 Å². The normalized spacial score (nSPS) is 21.4. The van der Waals surface area contributed by atoms with Crippen molar-refractivity contribution in [1.82, 2.24) is 20.1 Å². The third kappa shape index (κ3) is 3.32. The molecular formula is C20H26N4O. The zero-order chi connectivity index (χ0) is 17.4. The summed E-state index contributed by atoms with van der Waals surface area (Å²) in [6.07, 6.45) is 3.91. The smallest absolute Gasteiger partial charge is 0.223 e. The Morgan fingerprint density at radius 3 is 2.84 bits per heavy atom. The predicted octanol–water partition coefficient (Wildman–Crippen LogP) is 2.81. The van der Waals surface area contributed by atoms with Gasteiger partial charge < -0.3 is 9.88 Å². The highest BCUT2D eigenvalue weighted by Gasteiger charge is 2.43. The number of carbonyl (C=O) groups excluding carboxylic acids is 1. The van der Waals surface area contributed by atoms with Crippen LogP contribution in [-0.4, -0.2) is 27.2 Å². The van der Waals surface area contributed by atoms with Gasteiger partial charge in [0.15, 0.2) is 0 Å². The molecule has 2 aliphatic rings. The van der Waals surface area contributed by atoms with Gasteiger partial charge in [-0.05, 0) is 35.8 Å². The summed E-state index contributed by atoms with van der Waals surface area (Å²) in [5.41, 5.74) is 2.64. The number of fused-ring (bicyclic) bond motifs is 1. The van der Waals surface area contributed by atoms with E-state index in [0.717, 1.165) is 43.9 Å². The standard InChI is InChI=1S/C20H26N4O/c1-13(2)14-5-7-15(8-6-14)16-12-17(16)20(25)21-10-9-19-23-22-18-4-3-11-24(18)19/h5-8,13,16-17H,3-4,9-12H2,1-2H3,(H,21,25)/t16-,17-/m1/s1. The Hall–Kier alpha value is -2.17. The molecule has 0 bridgehead atoms. The van der Waals surface area contributed by atoms with Crippen LogP contribution in [0.1, 0.15) is 61.3 Å². The summed E-state index contributed by atoms with van der Waals surface area (Å²) in [7, 11) is 0. The highest BCUT2D eigenvalue weighted by atomic mass is 16.2. The quantitative estimate of drug-likeness (QED) is 0.881. The highest BCUT2D eigenvalue weighted by Crippen LogP contribution is 2.47. The van der Waals surface area contributed by atoms with Crippen molar-refractivity contribution >= 4 is 5.91 Å². The van der Waals surface area contributed by atoms with Crippen LogP contribution in [-0.2, 0) is 24.2 Å². The lowest BCUT2D eigenvalue weighted by atomic mass is 10.00. The summed E-state index contributed by atoms with van der Waals surface area (Å²) in [6.45, 7) is 6.06. The van der Waals surface area contributed by atoms with Crippen molar-refractivity contribution in [3.63, 3.8) is 0 Å². The zero-order valence-electron chi connectivity index (χ0n) is 15.0. The van der Waals surface area contributed by atoms with Crippen LogP contribution >= 0.6 is 0 Å². The minimum atomic E-state index is 0.133. The molecule has 1 aromatic heterocycles. The van der Waals surface area contributed by atoms with Crippen molar-refractivity contribution in [2.24, 2.45) is 5.92 Å². The Bertz CT molecular complexity index is 763. The first-order valence-corrected chi connectivity index (χ1v) is 9.42. The molecule has 1 aliphatic carbocycles. The molecule has 5 heteroatoms. The van der Waals surface area contributed by atoms with Gasteiger partial charge in [0.1, 0.15) is 11.6 Å². The summed E-state index contributed by atoms with van der Waals surface area (Å²) >= 11 is 0. The number of carbonyl (C=O) groups is 1. The van der Waals surface area contributed by atoms with E-state index in [2.05, 4.69) is 58.2 Å². The molecule has 1 N–H and O–H groups in total.